The second-order valence-electron chi connectivity index (χ2n) is 21.2. The molecule has 0 amide bonds. The SMILES string of the molecule is CC1OC(OC2CCC3(C)C(CCC4(C)C3C=CC35OCC6C(CCC(C)(C)CC63)C(O)CC45C)C2(C)CO)C(O)C(OC2OC(CO)C(O)C(O)C2O)C1O. The monoisotopic (exact) mass is 794 g/mol. The van der Waals surface area contributed by atoms with Crippen molar-refractivity contribution in [3.8, 4) is 0 Å². The standard InChI is InChI=1S/C43H70O13/c1-21-30(47)35(56-36-33(50)32(49)31(48)26(18-44)54-36)34(51)37(53-21)55-29-11-13-39(4)27(40(29,5)20-45)9-14-41(6)28(39)10-15-43-24-16-38(2,3)12-8-22(23(24)19-52-43)25(46)17-42(41,43)7/h10,15,21-37,44-51H,8-9,11-14,16-20H2,1-7H3. The predicted octanol–water partition coefficient (Wildman–Crippen LogP) is 2.02. The molecule has 22 atom stereocenters. The minimum atomic E-state index is -1.72. The van der Waals surface area contributed by atoms with Crippen LogP contribution in [0.25, 0.3) is 0 Å². The third kappa shape index (κ3) is 5.80. The summed E-state index contributed by atoms with van der Waals surface area (Å²) in [4.78, 5) is 0. The van der Waals surface area contributed by atoms with Gasteiger partial charge in [-0.15, -0.1) is 0 Å². The summed E-state index contributed by atoms with van der Waals surface area (Å²) in [7, 11) is 0. The van der Waals surface area contributed by atoms with E-state index in [9.17, 15) is 40.9 Å². The van der Waals surface area contributed by atoms with Crippen LogP contribution in [0.4, 0.5) is 0 Å². The molecule has 13 nitrogen and oxygen atoms in total. The lowest BCUT2D eigenvalue weighted by Crippen LogP contribution is -2.69. The highest BCUT2D eigenvalue weighted by Gasteiger charge is 2.75. The van der Waals surface area contributed by atoms with Gasteiger partial charge in [0.15, 0.2) is 12.6 Å². The third-order valence-corrected chi connectivity index (χ3v) is 18.0. The van der Waals surface area contributed by atoms with Crippen molar-refractivity contribution in [1.29, 1.82) is 0 Å². The van der Waals surface area contributed by atoms with E-state index in [1.54, 1.807) is 6.92 Å². The van der Waals surface area contributed by atoms with Gasteiger partial charge in [0, 0.05) is 10.8 Å². The van der Waals surface area contributed by atoms with E-state index in [1.165, 1.54) is 0 Å². The molecule has 320 valence electrons. The van der Waals surface area contributed by atoms with Crippen molar-refractivity contribution in [3.63, 3.8) is 0 Å². The molecule has 8 rings (SSSR count). The van der Waals surface area contributed by atoms with Gasteiger partial charge in [0.2, 0.25) is 0 Å². The van der Waals surface area contributed by atoms with Crippen molar-refractivity contribution in [2.24, 2.45) is 56.7 Å². The summed E-state index contributed by atoms with van der Waals surface area (Å²) in [6.07, 6.45) is -3.20. The number of aliphatic hydroxyl groups is 8. The van der Waals surface area contributed by atoms with Crippen molar-refractivity contribution in [3.05, 3.63) is 12.2 Å². The Labute approximate surface area is 331 Å². The van der Waals surface area contributed by atoms with Crippen molar-refractivity contribution >= 4 is 0 Å². The molecule has 22 unspecified atom stereocenters. The van der Waals surface area contributed by atoms with Gasteiger partial charge in [-0.1, -0.05) is 53.7 Å². The van der Waals surface area contributed by atoms with Gasteiger partial charge in [0.05, 0.1) is 43.7 Å². The van der Waals surface area contributed by atoms with Crippen LogP contribution in [0.2, 0.25) is 0 Å². The van der Waals surface area contributed by atoms with E-state index in [4.69, 9.17) is 23.7 Å². The number of aliphatic hydroxyl groups excluding tert-OH is 8. The van der Waals surface area contributed by atoms with Crippen LogP contribution in [0.5, 0.6) is 0 Å². The van der Waals surface area contributed by atoms with E-state index in [2.05, 4.69) is 53.7 Å². The van der Waals surface area contributed by atoms with Gasteiger partial charge in [-0.2, -0.15) is 0 Å². The maximum Gasteiger partial charge on any atom is 0.187 e. The Bertz CT molecular complexity index is 1490. The molecule has 3 aliphatic heterocycles. The van der Waals surface area contributed by atoms with Gasteiger partial charge < -0.3 is 64.5 Å². The first-order valence-electron chi connectivity index (χ1n) is 21.5. The van der Waals surface area contributed by atoms with Crippen molar-refractivity contribution in [2.45, 2.75) is 179 Å². The van der Waals surface area contributed by atoms with Crippen LogP contribution in [-0.4, -0.2) is 140 Å². The molecule has 3 saturated heterocycles. The normalized spacial score (nSPS) is 59.0. The molecule has 3 heterocycles. The fourth-order valence-electron chi connectivity index (χ4n) is 14.6. The van der Waals surface area contributed by atoms with Gasteiger partial charge in [-0.05, 0) is 104 Å². The quantitative estimate of drug-likeness (QED) is 0.143. The molecule has 8 N–H and O–H groups in total. The van der Waals surface area contributed by atoms with E-state index >= 15 is 0 Å². The Balaban J connectivity index is 1.06. The number of hydrogen-bond acceptors (Lipinski definition) is 13. The maximum absolute atomic E-state index is 12.1. The molecule has 7 fully saturated rings. The number of fused-ring (bicyclic) bond motifs is 4. The molecule has 4 saturated carbocycles. The van der Waals surface area contributed by atoms with Gasteiger partial charge in [-0.25, -0.2) is 0 Å². The van der Waals surface area contributed by atoms with E-state index in [0.717, 1.165) is 38.5 Å². The van der Waals surface area contributed by atoms with Crippen LogP contribution in [0.3, 0.4) is 0 Å². The molecule has 0 radical (unpaired) electrons. The summed E-state index contributed by atoms with van der Waals surface area (Å²) in [5, 5.41) is 87.1. The number of rotatable bonds is 6. The van der Waals surface area contributed by atoms with E-state index < -0.39 is 85.1 Å². The molecule has 13 heteroatoms. The lowest BCUT2D eigenvalue weighted by molar-refractivity contribution is -0.367. The molecule has 8 aliphatic rings. The molecule has 56 heavy (non-hydrogen) atoms. The van der Waals surface area contributed by atoms with Crippen LogP contribution in [0.15, 0.2) is 12.2 Å². The highest BCUT2D eigenvalue weighted by Crippen LogP contribution is 2.76. The first-order chi connectivity index (χ1) is 26.2. The van der Waals surface area contributed by atoms with Gasteiger partial charge in [-0.3, -0.25) is 0 Å². The number of hydrogen-bond donors (Lipinski definition) is 8. The molecule has 4 bridgehead atoms. The molecular weight excluding hydrogens is 724 g/mol. The first kappa shape index (κ1) is 41.9. The fraction of sp³-hybridized carbons (Fsp3) is 0.953. The fourth-order valence-corrected chi connectivity index (χ4v) is 14.6. The average molecular weight is 795 g/mol. The molecular formula is C43H70O13. The second-order valence-corrected chi connectivity index (χ2v) is 21.2. The summed E-state index contributed by atoms with van der Waals surface area (Å²) in [6.45, 7) is 15.6. The summed E-state index contributed by atoms with van der Waals surface area (Å²) in [5.74, 6) is 1.12. The summed E-state index contributed by atoms with van der Waals surface area (Å²) < 4.78 is 31.3. The second kappa shape index (κ2) is 14.1. The van der Waals surface area contributed by atoms with Crippen LogP contribution >= 0.6 is 0 Å². The molecule has 0 aromatic carbocycles. The van der Waals surface area contributed by atoms with Crippen LogP contribution in [-0.2, 0) is 23.7 Å². The Morgan fingerprint density at radius 2 is 1.45 bits per heavy atom. The van der Waals surface area contributed by atoms with E-state index in [1.807, 2.05) is 0 Å². The lowest BCUT2D eigenvalue weighted by Gasteiger charge is -2.71. The highest BCUT2D eigenvalue weighted by molar-refractivity contribution is 5.33. The largest absolute Gasteiger partial charge is 0.396 e. The Hall–Kier alpha value is -0.780. The van der Waals surface area contributed by atoms with Gasteiger partial charge in [0.1, 0.15) is 42.7 Å². The zero-order chi connectivity index (χ0) is 40.5. The number of allylic oxidation sites excluding steroid dienone is 1. The topological polar surface area (TPSA) is 208 Å². The summed E-state index contributed by atoms with van der Waals surface area (Å²) in [6, 6.07) is 0. The molecule has 1 spiro atoms. The van der Waals surface area contributed by atoms with Crippen LogP contribution < -0.4 is 0 Å². The van der Waals surface area contributed by atoms with Crippen LogP contribution in [0, 0.1) is 56.7 Å². The lowest BCUT2D eigenvalue weighted by atomic mass is 9.35. The Morgan fingerprint density at radius 3 is 2.14 bits per heavy atom. The first-order valence-corrected chi connectivity index (χ1v) is 21.5. The van der Waals surface area contributed by atoms with Crippen LogP contribution in [0.1, 0.15) is 99.8 Å². The zero-order valence-corrected chi connectivity index (χ0v) is 34.4. The molecule has 0 aromatic rings. The summed E-state index contributed by atoms with van der Waals surface area (Å²) >= 11 is 0. The van der Waals surface area contributed by atoms with Gasteiger partial charge >= 0.3 is 0 Å². The minimum absolute atomic E-state index is 0.0401. The summed E-state index contributed by atoms with van der Waals surface area (Å²) in [5.41, 5.74) is -1.74. The van der Waals surface area contributed by atoms with Crippen molar-refractivity contribution in [2.75, 3.05) is 19.8 Å². The van der Waals surface area contributed by atoms with E-state index in [0.29, 0.717) is 31.3 Å². The van der Waals surface area contributed by atoms with Gasteiger partial charge in [0.25, 0.3) is 0 Å². The van der Waals surface area contributed by atoms with Crippen molar-refractivity contribution in [1.82, 2.24) is 0 Å². The van der Waals surface area contributed by atoms with E-state index in [-0.39, 0.29) is 52.1 Å². The number of ether oxygens (including phenoxy) is 5. The average Bonchev–Trinajstić information content (AvgIpc) is 3.38. The molecule has 0 aromatic heterocycles. The third-order valence-electron chi connectivity index (χ3n) is 18.0. The minimum Gasteiger partial charge on any atom is -0.396 e. The Kier molecular flexibility index (Phi) is 10.6. The zero-order valence-electron chi connectivity index (χ0n) is 34.4. The highest BCUT2D eigenvalue weighted by atomic mass is 16.7. The predicted molar refractivity (Wildman–Crippen MR) is 201 cm³/mol. The Morgan fingerprint density at radius 1 is 0.732 bits per heavy atom. The maximum atomic E-state index is 12.1. The molecule has 5 aliphatic carbocycles. The van der Waals surface area contributed by atoms with Crippen molar-refractivity contribution < 1.29 is 64.5 Å². The smallest absolute Gasteiger partial charge is 0.187 e.